The van der Waals surface area contributed by atoms with Gasteiger partial charge >= 0.3 is 0 Å². The molecule has 2 N–H and O–H groups in total. The molecule has 70 valence electrons. The number of aliphatic hydroxyl groups is 2. The summed E-state index contributed by atoms with van der Waals surface area (Å²) < 4.78 is 0. The van der Waals surface area contributed by atoms with Crippen molar-refractivity contribution in [3.8, 4) is 0 Å². The summed E-state index contributed by atoms with van der Waals surface area (Å²) in [5.74, 6) is 0. The van der Waals surface area contributed by atoms with Crippen LogP contribution in [-0.4, -0.2) is 22.9 Å². The van der Waals surface area contributed by atoms with Crippen molar-refractivity contribution < 1.29 is 10.2 Å². The van der Waals surface area contributed by atoms with Crippen LogP contribution < -0.4 is 0 Å². The molecule has 0 heterocycles. The molecule has 0 amide bonds. The van der Waals surface area contributed by atoms with Gasteiger partial charge in [0, 0.05) is 0 Å². The van der Waals surface area contributed by atoms with Crippen LogP contribution in [0.3, 0.4) is 0 Å². The van der Waals surface area contributed by atoms with Gasteiger partial charge in [0.05, 0.1) is 12.7 Å². The van der Waals surface area contributed by atoms with E-state index in [0.29, 0.717) is 6.42 Å². The number of aliphatic hydroxyl groups excluding tert-OH is 2. The highest BCUT2D eigenvalue weighted by Gasteiger charge is 1.95. The molecule has 0 aliphatic rings. The summed E-state index contributed by atoms with van der Waals surface area (Å²) in [7, 11) is 0. The number of hydrogen-bond acceptors (Lipinski definition) is 2. The third-order valence-electron chi connectivity index (χ3n) is 1.56. The third kappa shape index (κ3) is 7.51. The minimum absolute atomic E-state index is 0.156. The number of rotatable bonds is 7. The maximum absolute atomic E-state index is 8.94. The van der Waals surface area contributed by atoms with E-state index in [9.17, 15) is 0 Å². The lowest BCUT2D eigenvalue weighted by atomic mass is 10.2. The molecule has 0 saturated carbocycles. The minimum Gasteiger partial charge on any atom is -0.394 e. The molecular formula is C10H18O2. The van der Waals surface area contributed by atoms with Gasteiger partial charge in [-0.25, -0.2) is 0 Å². The second kappa shape index (κ2) is 8.50. The fourth-order valence-corrected chi connectivity index (χ4v) is 0.826. The molecule has 1 atom stereocenters. The Morgan fingerprint density at radius 3 is 2.58 bits per heavy atom. The normalized spacial score (nSPS) is 13.5. The fourth-order valence-electron chi connectivity index (χ4n) is 0.826. The largest absolute Gasteiger partial charge is 0.394 e. The monoisotopic (exact) mass is 170 g/mol. The van der Waals surface area contributed by atoms with Crippen LogP contribution in [0, 0.1) is 0 Å². The Labute approximate surface area is 74.2 Å². The van der Waals surface area contributed by atoms with Crippen LogP contribution in [0.1, 0.15) is 25.7 Å². The standard InChI is InChI=1S/C10H18O2/c1-2-3-4-5-6-7-8-10(12)9-11/h2,6-7,10-12H,1,3-5,8-9H2. The first-order chi connectivity index (χ1) is 5.81. The SMILES string of the molecule is C=CCCCC=CCC(O)CO. The van der Waals surface area contributed by atoms with Crippen molar-refractivity contribution in [2.45, 2.75) is 31.8 Å². The second-order valence-electron chi connectivity index (χ2n) is 2.76. The second-order valence-corrected chi connectivity index (χ2v) is 2.76. The maximum Gasteiger partial charge on any atom is 0.0805 e. The molecule has 0 aliphatic heterocycles. The van der Waals surface area contributed by atoms with Crippen LogP contribution in [0.2, 0.25) is 0 Å². The minimum atomic E-state index is -0.597. The Kier molecular flexibility index (Phi) is 8.07. The quantitative estimate of drug-likeness (QED) is 0.450. The van der Waals surface area contributed by atoms with E-state index >= 15 is 0 Å². The molecule has 0 aromatic heterocycles. The van der Waals surface area contributed by atoms with E-state index < -0.39 is 6.10 Å². The predicted octanol–water partition coefficient (Wildman–Crippen LogP) is 1.64. The van der Waals surface area contributed by atoms with Crippen molar-refractivity contribution in [1.82, 2.24) is 0 Å². The van der Waals surface area contributed by atoms with Crippen molar-refractivity contribution in [3.05, 3.63) is 24.8 Å². The average Bonchev–Trinajstić information content (AvgIpc) is 2.10. The van der Waals surface area contributed by atoms with Gasteiger partial charge in [-0.3, -0.25) is 0 Å². The zero-order valence-electron chi connectivity index (χ0n) is 7.45. The Balaban J connectivity index is 3.19. The number of unbranched alkanes of at least 4 members (excludes halogenated alkanes) is 2. The highest BCUT2D eigenvalue weighted by atomic mass is 16.3. The zero-order chi connectivity index (χ0) is 9.23. The predicted molar refractivity (Wildman–Crippen MR) is 50.9 cm³/mol. The topological polar surface area (TPSA) is 40.5 Å². The van der Waals surface area contributed by atoms with Gasteiger partial charge in [-0.15, -0.1) is 6.58 Å². The van der Waals surface area contributed by atoms with E-state index in [2.05, 4.69) is 6.58 Å². The van der Waals surface area contributed by atoms with E-state index in [1.165, 1.54) is 0 Å². The molecule has 0 bridgehead atoms. The van der Waals surface area contributed by atoms with Crippen molar-refractivity contribution in [2.24, 2.45) is 0 Å². The van der Waals surface area contributed by atoms with Crippen LogP contribution in [0.5, 0.6) is 0 Å². The van der Waals surface area contributed by atoms with E-state index in [1.807, 2.05) is 18.2 Å². The Morgan fingerprint density at radius 1 is 1.25 bits per heavy atom. The van der Waals surface area contributed by atoms with Crippen LogP contribution in [0.4, 0.5) is 0 Å². The number of allylic oxidation sites excluding steroid dienone is 2. The summed E-state index contributed by atoms with van der Waals surface area (Å²) >= 11 is 0. The van der Waals surface area contributed by atoms with Gasteiger partial charge in [0.1, 0.15) is 0 Å². The molecule has 12 heavy (non-hydrogen) atoms. The Bertz CT molecular complexity index is 130. The molecule has 0 aromatic carbocycles. The van der Waals surface area contributed by atoms with Gasteiger partial charge in [0.2, 0.25) is 0 Å². The van der Waals surface area contributed by atoms with Crippen molar-refractivity contribution >= 4 is 0 Å². The third-order valence-corrected chi connectivity index (χ3v) is 1.56. The van der Waals surface area contributed by atoms with Gasteiger partial charge < -0.3 is 10.2 Å². The van der Waals surface area contributed by atoms with Gasteiger partial charge in [0.25, 0.3) is 0 Å². The highest BCUT2D eigenvalue weighted by Crippen LogP contribution is 1.99. The van der Waals surface area contributed by atoms with Gasteiger partial charge in [-0.05, 0) is 25.7 Å². The molecule has 0 aliphatic carbocycles. The van der Waals surface area contributed by atoms with Crippen molar-refractivity contribution in [1.29, 1.82) is 0 Å². The molecule has 0 aromatic rings. The van der Waals surface area contributed by atoms with E-state index in [0.717, 1.165) is 19.3 Å². The molecule has 2 heteroatoms. The van der Waals surface area contributed by atoms with E-state index in [1.54, 1.807) is 0 Å². The molecule has 0 radical (unpaired) electrons. The lowest BCUT2D eigenvalue weighted by molar-refractivity contribution is 0.0975. The maximum atomic E-state index is 8.94. The van der Waals surface area contributed by atoms with Crippen molar-refractivity contribution in [2.75, 3.05) is 6.61 Å². The Hall–Kier alpha value is -0.600. The average molecular weight is 170 g/mol. The summed E-state index contributed by atoms with van der Waals surface area (Å²) in [5, 5.41) is 17.4. The van der Waals surface area contributed by atoms with Crippen molar-refractivity contribution in [3.63, 3.8) is 0 Å². The van der Waals surface area contributed by atoms with Crippen LogP contribution >= 0.6 is 0 Å². The summed E-state index contributed by atoms with van der Waals surface area (Å²) in [6.45, 7) is 3.47. The first-order valence-corrected chi connectivity index (χ1v) is 4.36. The Morgan fingerprint density at radius 2 is 2.00 bits per heavy atom. The lowest BCUT2D eigenvalue weighted by Crippen LogP contribution is -2.09. The van der Waals surface area contributed by atoms with E-state index in [4.69, 9.17) is 10.2 Å². The smallest absolute Gasteiger partial charge is 0.0805 e. The summed E-state index contributed by atoms with van der Waals surface area (Å²) in [4.78, 5) is 0. The molecule has 2 nitrogen and oxygen atoms in total. The molecule has 0 fully saturated rings. The van der Waals surface area contributed by atoms with Crippen LogP contribution in [-0.2, 0) is 0 Å². The fraction of sp³-hybridized carbons (Fsp3) is 0.600. The number of hydrogen-bond donors (Lipinski definition) is 2. The van der Waals surface area contributed by atoms with Gasteiger partial charge in [-0.2, -0.15) is 0 Å². The lowest BCUT2D eigenvalue weighted by Gasteiger charge is -2.00. The van der Waals surface area contributed by atoms with Crippen LogP contribution in [0.25, 0.3) is 0 Å². The molecule has 0 spiro atoms. The van der Waals surface area contributed by atoms with Gasteiger partial charge in [-0.1, -0.05) is 18.2 Å². The highest BCUT2D eigenvalue weighted by molar-refractivity contribution is 4.84. The zero-order valence-corrected chi connectivity index (χ0v) is 7.45. The first-order valence-electron chi connectivity index (χ1n) is 4.36. The summed E-state index contributed by atoms with van der Waals surface area (Å²) in [6, 6.07) is 0. The van der Waals surface area contributed by atoms with E-state index in [-0.39, 0.29) is 6.61 Å². The molecule has 1 unspecified atom stereocenters. The summed E-state index contributed by atoms with van der Waals surface area (Å²) in [5.41, 5.74) is 0. The molecule has 0 saturated heterocycles. The van der Waals surface area contributed by atoms with Gasteiger partial charge in [0.15, 0.2) is 0 Å². The first kappa shape index (κ1) is 11.4. The van der Waals surface area contributed by atoms with Crippen LogP contribution in [0.15, 0.2) is 24.8 Å². The molecular weight excluding hydrogens is 152 g/mol. The summed E-state index contributed by atoms with van der Waals surface area (Å²) in [6.07, 6.45) is 8.94. The molecule has 0 rings (SSSR count).